The first-order valence-electron chi connectivity index (χ1n) is 5.09. The summed E-state index contributed by atoms with van der Waals surface area (Å²) < 4.78 is 6.36. The Balaban J connectivity index is 2.04. The molecule has 5 nitrogen and oxygen atoms in total. The maximum atomic E-state index is 10.4. The Bertz CT molecular complexity index is 559. The Morgan fingerprint density at radius 1 is 1.44 bits per heavy atom. The molecule has 0 aliphatic rings. The number of thioether (sulfide) groups is 1. The molecule has 2 rings (SSSR count). The maximum Gasteiger partial charge on any atom is 0.304 e. The van der Waals surface area contributed by atoms with Gasteiger partial charge >= 0.3 is 5.97 Å². The van der Waals surface area contributed by atoms with Crippen LogP contribution in [-0.2, 0) is 4.79 Å². The third-order valence-corrected chi connectivity index (χ3v) is 3.33. The molecule has 0 spiro atoms. The van der Waals surface area contributed by atoms with Gasteiger partial charge in [-0.2, -0.15) is 0 Å². The summed E-state index contributed by atoms with van der Waals surface area (Å²) in [5, 5.41) is 16.7. The van der Waals surface area contributed by atoms with Crippen LogP contribution < -0.4 is 0 Å². The van der Waals surface area contributed by atoms with E-state index in [1.54, 1.807) is 0 Å². The second-order valence-corrected chi connectivity index (χ2v) is 5.34. The summed E-state index contributed by atoms with van der Waals surface area (Å²) in [6, 6.07) is 7.52. The van der Waals surface area contributed by atoms with Crippen molar-refractivity contribution in [3.05, 3.63) is 28.7 Å². The second kappa shape index (κ2) is 6.01. The number of halogens is 1. The number of nitrogens with zero attached hydrogens (tertiary/aromatic N) is 2. The predicted octanol–water partition coefficient (Wildman–Crippen LogP) is 3.07. The quantitative estimate of drug-likeness (QED) is 0.850. The van der Waals surface area contributed by atoms with E-state index in [-0.39, 0.29) is 6.42 Å². The first-order chi connectivity index (χ1) is 8.65. The van der Waals surface area contributed by atoms with Crippen molar-refractivity contribution in [1.29, 1.82) is 0 Å². The Kier molecular flexibility index (Phi) is 4.38. The SMILES string of the molecule is O=C(O)CCSc1nnc(-c2cccc(Br)c2)o1. The molecular weight excluding hydrogens is 320 g/mol. The van der Waals surface area contributed by atoms with Crippen molar-refractivity contribution < 1.29 is 14.3 Å². The molecule has 0 fully saturated rings. The zero-order valence-corrected chi connectivity index (χ0v) is 11.6. The number of aromatic nitrogens is 2. The summed E-state index contributed by atoms with van der Waals surface area (Å²) in [5.74, 6) is -0.00141. The number of carboxylic acids is 1. The average molecular weight is 329 g/mol. The molecule has 1 aromatic carbocycles. The number of benzene rings is 1. The highest BCUT2D eigenvalue weighted by Gasteiger charge is 2.09. The Morgan fingerprint density at radius 2 is 2.28 bits per heavy atom. The lowest BCUT2D eigenvalue weighted by Crippen LogP contribution is -1.95. The van der Waals surface area contributed by atoms with Crippen LogP contribution in [0.5, 0.6) is 0 Å². The highest BCUT2D eigenvalue weighted by atomic mass is 79.9. The van der Waals surface area contributed by atoms with Gasteiger partial charge in [-0.3, -0.25) is 4.79 Å². The van der Waals surface area contributed by atoms with Crippen molar-refractivity contribution in [3.63, 3.8) is 0 Å². The van der Waals surface area contributed by atoms with Gasteiger partial charge in [-0.05, 0) is 18.2 Å². The van der Waals surface area contributed by atoms with Crippen LogP contribution in [0.25, 0.3) is 11.5 Å². The largest absolute Gasteiger partial charge is 0.481 e. The van der Waals surface area contributed by atoms with Crippen LogP contribution in [-0.4, -0.2) is 27.0 Å². The van der Waals surface area contributed by atoms with Gasteiger partial charge in [0.2, 0.25) is 5.89 Å². The van der Waals surface area contributed by atoms with E-state index in [2.05, 4.69) is 26.1 Å². The smallest absolute Gasteiger partial charge is 0.304 e. The van der Waals surface area contributed by atoms with Crippen LogP contribution in [0.2, 0.25) is 0 Å². The summed E-state index contributed by atoms with van der Waals surface area (Å²) in [6.45, 7) is 0. The third kappa shape index (κ3) is 3.58. The first-order valence-corrected chi connectivity index (χ1v) is 6.87. The van der Waals surface area contributed by atoms with Gasteiger partial charge in [0, 0.05) is 15.8 Å². The van der Waals surface area contributed by atoms with Crippen LogP contribution in [0, 0.1) is 0 Å². The summed E-state index contributed by atoms with van der Waals surface area (Å²) in [7, 11) is 0. The monoisotopic (exact) mass is 328 g/mol. The number of aliphatic carboxylic acids is 1. The lowest BCUT2D eigenvalue weighted by Gasteiger charge is -1.95. The van der Waals surface area contributed by atoms with Gasteiger partial charge in [0.15, 0.2) is 0 Å². The molecule has 0 saturated heterocycles. The molecule has 0 bridgehead atoms. The molecule has 2 aromatic rings. The van der Waals surface area contributed by atoms with Crippen molar-refractivity contribution in [1.82, 2.24) is 10.2 Å². The summed E-state index contributed by atoms with van der Waals surface area (Å²) >= 11 is 4.60. The van der Waals surface area contributed by atoms with Crippen LogP contribution >= 0.6 is 27.7 Å². The first kappa shape index (κ1) is 13.1. The van der Waals surface area contributed by atoms with E-state index in [1.807, 2.05) is 24.3 Å². The third-order valence-electron chi connectivity index (χ3n) is 2.02. The van der Waals surface area contributed by atoms with E-state index in [0.29, 0.717) is 16.9 Å². The van der Waals surface area contributed by atoms with Crippen LogP contribution in [0.15, 0.2) is 38.4 Å². The minimum Gasteiger partial charge on any atom is -0.481 e. The fourth-order valence-electron chi connectivity index (χ4n) is 1.23. The van der Waals surface area contributed by atoms with Gasteiger partial charge in [0.1, 0.15) is 0 Å². The molecule has 0 unspecified atom stereocenters. The highest BCUT2D eigenvalue weighted by Crippen LogP contribution is 2.25. The molecule has 1 heterocycles. The topological polar surface area (TPSA) is 76.2 Å². The van der Waals surface area contributed by atoms with E-state index in [1.165, 1.54) is 11.8 Å². The number of hydrogen-bond donors (Lipinski definition) is 1. The van der Waals surface area contributed by atoms with E-state index < -0.39 is 5.97 Å². The zero-order chi connectivity index (χ0) is 13.0. The number of rotatable bonds is 5. The van der Waals surface area contributed by atoms with Crippen molar-refractivity contribution in [3.8, 4) is 11.5 Å². The van der Waals surface area contributed by atoms with Crippen LogP contribution in [0.3, 0.4) is 0 Å². The Labute approximate surface area is 116 Å². The van der Waals surface area contributed by atoms with E-state index in [4.69, 9.17) is 9.52 Å². The molecule has 18 heavy (non-hydrogen) atoms. The average Bonchev–Trinajstić information content (AvgIpc) is 2.77. The fraction of sp³-hybridized carbons (Fsp3) is 0.182. The Hall–Kier alpha value is -1.34. The maximum absolute atomic E-state index is 10.4. The minimum absolute atomic E-state index is 0.0687. The van der Waals surface area contributed by atoms with Crippen molar-refractivity contribution >= 4 is 33.7 Å². The van der Waals surface area contributed by atoms with Gasteiger partial charge < -0.3 is 9.52 Å². The number of carboxylic acid groups (broad SMARTS) is 1. The van der Waals surface area contributed by atoms with Gasteiger partial charge in [-0.25, -0.2) is 0 Å². The molecule has 0 aliphatic carbocycles. The van der Waals surface area contributed by atoms with Gasteiger partial charge in [0.05, 0.1) is 6.42 Å². The molecule has 0 saturated carbocycles. The van der Waals surface area contributed by atoms with Crippen molar-refractivity contribution in [2.45, 2.75) is 11.6 Å². The zero-order valence-electron chi connectivity index (χ0n) is 9.17. The Morgan fingerprint density at radius 3 is 3.00 bits per heavy atom. The lowest BCUT2D eigenvalue weighted by atomic mass is 10.2. The molecule has 1 aromatic heterocycles. The summed E-state index contributed by atoms with van der Waals surface area (Å²) in [4.78, 5) is 10.4. The predicted molar refractivity (Wildman–Crippen MR) is 70.4 cm³/mol. The summed E-state index contributed by atoms with van der Waals surface area (Å²) in [6.07, 6.45) is 0.0687. The molecule has 0 radical (unpaired) electrons. The number of hydrogen-bond acceptors (Lipinski definition) is 5. The molecule has 0 amide bonds. The van der Waals surface area contributed by atoms with Crippen molar-refractivity contribution in [2.24, 2.45) is 0 Å². The normalized spacial score (nSPS) is 10.5. The van der Waals surface area contributed by atoms with Gasteiger partial charge in [-0.15, -0.1) is 10.2 Å². The molecule has 7 heteroatoms. The lowest BCUT2D eigenvalue weighted by molar-refractivity contribution is -0.136. The van der Waals surface area contributed by atoms with E-state index in [0.717, 1.165) is 10.0 Å². The standard InChI is InChI=1S/C11H9BrN2O3S/c12-8-3-1-2-7(6-8)10-13-14-11(17-10)18-5-4-9(15)16/h1-3,6H,4-5H2,(H,15,16). The molecule has 0 atom stereocenters. The molecule has 94 valence electrons. The molecule has 0 aliphatic heterocycles. The minimum atomic E-state index is -0.839. The fourth-order valence-corrected chi connectivity index (χ4v) is 2.32. The second-order valence-electron chi connectivity index (χ2n) is 3.38. The molecule has 1 N–H and O–H groups in total. The van der Waals surface area contributed by atoms with Crippen LogP contribution in [0.4, 0.5) is 0 Å². The van der Waals surface area contributed by atoms with E-state index >= 15 is 0 Å². The van der Waals surface area contributed by atoms with Gasteiger partial charge in [-0.1, -0.05) is 33.8 Å². The number of carbonyl (C=O) groups is 1. The van der Waals surface area contributed by atoms with Gasteiger partial charge in [0.25, 0.3) is 5.22 Å². The van der Waals surface area contributed by atoms with Crippen LogP contribution in [0.1, 0.15) is 6.42 Å². The molecular formula is C11H9BrN2O3S. The van der Waals surface area contributed by atoms with Crippen molar-refractivity contribution in [2.75, 3.05) is 5.75 Å². The summed E-state index contributed by atoms with van der Waals surface area (Å²) in [5.41, 5.74) is 0.821. The highest BCUT2D eigenvalue weighted by molar-refractivity contribution is 9.10. The van der Waals surface area contributed by atoms with E-state index in [9.17, 15) is 4.79 Å².